The molecule has 0 amide bonds. The molecule has 5 nitrogen and oxygen atoms in total. The number of nitrogens with zero attached hydrogens (tertiary/aromatic N) is 1. The maximum Gasteiger partial charge on any atom is 0.298 e. The normalized spacial score (nSPS) is 10.5. The van der Waals surface area contributed by atoms with Gasteiger partial charge in [-0.25, -0.2) is 0 Å². The zero-order valence-electron chi connectivity index (χ0n) is 6.77. The third kappa shape index (κ3) is 3.26. The quantitative estimate of drug-likeness (QED) is 0.612. The van der Waals surface area contributed by atoms with Crippen molar-refractivity contribution in [2.24, 2.45) is 11.0 Å². The average Bonchev–Trinajstić information content (AvgIpc) is 2.03. The summed E-state index contributed by atoms with van der Waals surface area (Å²) >= 11 is 0. The first-order valence-electron chi connectivity index (χ1n) is 3.47. The van der Waals surface area contributed by atoms with E-state index in [2.05, 4.69) is 5.09 Å². The molecule has 0 aliphatic rings. The minimum Gasteiger partial charge on any atom is -0.313 e. The average molecular weight is 196 g/mol. The van der Waals surface area contributed by atoms with Crippen LogP contribution in [0, 0.1) is 11.3 Å². The molecule has 5 N–H and O–H groups in total. The lowest BCUT2D eigenvalue weighted by Gasteiger charge is -2.09. The van der Waals surface area contributed by atoms with Gasteiger partial charge in [-0.3, -0.25) is 15.6 Å². The van der Waals surface area contributed by atoms with Crippen LogP contribution < -0.4 is 16.1 Å². The molecular formula is C7H9N4OP. The number of hydrogen-bond donors (Lipinski definition) is 3. The molecule has 0 radical (unpaired) electrons. The third-order valence-electron chi connectivity index (χ3n) is 1.32. The van der Waals surface area contributed by atoms with Crippen LogP contribution in [0.3, 0.4) is 0 Å². The fourth-order valence-electron chi connectivity index (χ4n) is 0.821. The van der Waals surface area contributed by atoms with Crippen molar-refractivity contribution in [1.82, 2.24) is 0 Å². The van der Waals surface area contributed by atoms with Gasteiger partial charge in [0.15, 0.2) is 0 Å². The summed E-state index contributed by atoms with van der Waals surface area (Å²) in [6.07, 6.45) is 0. The first-order chi connectivity index (χ1) is 6.01. The molecule has 0 saturated heterocycles. The summed E-state index contributed by atoms with van der Waals surface area (Å²) < 4.78 is 10.9. The van der Waals surface area contributed by atoms with Gasteiger partial charge in [0.2, 0.25) is 0 Å². The Morgan fingerprint density at radius 3 is 2.23 bits per heavy atom. The molecule has 68 valence electrons. The number of nitriles is 1. The molecule has 0 heterocycles. The van der Waals surface area contributed by atoms with E-state index >= 15 is 0 Å². The van der Waals surface area contributed by atoms with Gasteiger partial charge in [0, 0.05) is 5.69 Å². The molecule has 0 aliphatic carbocycles. The molecule has 0 bridgehead atoms. The smallest absolute Gasteiger partial charge is 0.298 e. The number of benzene rings is 1. The predicted octanol–water partition coefficient (Wildman–Crippen LogP) is 0.996. The van der Waals surface area contributed by atoms with Gasteiger partial charge in [0.05, 0.1) is 11.6 Å². The van der Waals surface area contributed by atoms with Crippen LogP contribution in [-0.2, 0) is 4.57 Å². The van der Waals surface area contributed by atoms with Gasteiger partial charge in [0.25, 0.3) is 7.59 Å². The monoisotopic (exact) mass is 196 g/mol. The number of anilines is 1. The SMILES string of the molecule is N#Cc1ccc(NP(N)(N)=O)cc1. The van der Waals surface area contributed by atoms with E-state index in [-0.39, 0.29) is 0 Å². The molecule has 0 atom stereocenters. The Labute approximate surface area is 75.9 Å². The van der Waals surface area contributed by atoms with Gasteiger partial charge < -0.3 is 5.09 Å². The zero-order valence-corrected chi connectivity index (χ0v) is 7.66. The fraction of sp³-hybridized carbons (Fsp3) is 0. The van der Waals surface area contributed by atoms with Crippen molar-refractivity contribution in [2.75, 3.05) is 5.09 Å². The summed E-state index contributed by atoms with van der Waals surface area (Å²) in [6.45, 7) is 0. The van der Waals surface area contributed by atoms with Gasteiger partial charge >= 0.3 is 0 Å². The van der Waals surface area contributed by atoms with Gasteiger partial charge in [-0.1, -0.05) is 0 Å². The van der Waals surface area contributed by atoms with E-state index < -0.39 is 7.59 Å². The van der Waals surface area contributed by atoms with Crippen molar-refractivity contribution in [2.45, 2.75) is 0 Å². The first kappa shape index (κ1) is 9.75. The highest BCUT2D eigenvalue weighted by Gasteiger charge is 2.06. The van der Waals surface area contributed by atoms with Crippen molar-refractivity contribution in [1.29, 1.82) is 5.26 Å². The van der Waals surface area contributed by atoms with Crippen molar-refractivity contribution in [3.05, 3.63) is 29.8 Å². The summed E-state index contributed by atoms with van der Waals surface area (Å²) in [7, 11) is -3.24. The fourth-order valence-corrected chi connectivity index (χ4v) is 1.37. The lowest BCUT2D eigenvalue weighted by atomic mass is 10.2. The van der Waals surface area contributed by atoms with Crippen LogP contribution in [0.4, 0.5) is 5.69 Å². The van der Waals surface area contributed by atoms with Gasteiger partial charge in [-0.2, -0.15) is 5.26 Å². The van der Waals surface area contributed by atoms with Crippen molar-refractivity contribution < 1.29 is 4.57 Å². The third-order valence-corrected chi connectivity index (χ3v) is 1.93. The van der Waals surface area contributed by atoms with Gasteiger partial charge in [0.1, 0.15) is 0 Å². The zero-order chi connectivity index (χ0) is 9.90. The van der Waals surface area contributed by atoms with Crippen molar-refractivity contribution in [3.8, 4) is 6.07 Å². The minimum atomic E-state index is -3.24. The Bertz CT molecular complexity index is 374. The van der Waals surface area contributed by atoms with E-state index in [0.29, 0.717) is 11.3 Å². The summed E-state index contributed by atoms with van der Waals surface area (Å²) in [6, 6.07) is 8.30. The lowest BCUT2D eigenvalue weighted by Crippen LogP contribution is -2.12. The summed E-state index contributed by atoms with van der Waals surface area (Å²) in [5, 5.41) is 10.9. The summed E-state index contributed by atoms with van der Waals surface area (Å²) in [5.41, 5.74) is 11.2. The second-order valence-corrected chi connectivity index (χ2v) is 4.15. The molecule has 0 unspecified atom stereocenters. The molecule has 0 fully saturated rings. The molecule has 13 heavy (non-hydrogen) atoms. The van der Waals surface area contributed by atoms with Crippen LogP contribution in [0.15, 0.2) is 24.3 Å². The number of nitrogens with one attached hydrogen (secondary N) is 1. The van der Waals surface area contributed by atoms with Crippen molar-refractivity contribution >= 4 is 13.3 Å². The maximum absolute atomic E-state index is 10.9. The minimum absolute atomic E-state index is 0.523. The van der Waals surface area contributed by atoms with Crippen molar-refractivity contribution in [3.63, 3.8) is 0 Å². The van der Waals surface area contributed by atoms with E-state index in [1.807, 2.05) is 6.07 Å². The Morgan fingerprint density at radius 2 is 1.85 bits per heavy atom. The standard InChI is InChI=1S/C7H9N4OP/c8-5-6-1-3-7(4-2-6)11-13(9,10)12/h1-4H,(H5,9,10,11,12). The molecule has 1 rings (SSSR count). The summed E-state index contributed by atoms with van der Waals surface area (Å²) in [4.78, 5) is 0. The van der Waals surface area contributed by atoms with Crippen LogP contribution in [0.1, 0.15) is 5.56 Å². The molecule has 1 aromatic rings. The van der Waals surface area contributed by atoms with Crippen LogP contribution in [0.2, 0.25) is 0 Å². The van der Waals surface area contributed by atoms with E-state index in [1.54, 1.807) is 24.3 Å². The molecule has 0 aliphatic heterocycles. The highest BCUT2D eigenvalue weighted by Crippen LogP contribution is 2.26. The maximum atomic E-state index is 10.9. The Hall–Kier alpha value is -1.34. The number of nitrogens with two attached hydrogens (primary N) is 2. The largest absolute Gasteiger partial charge is 0.313 e. The number of hydrogen-bond acceptors (Lipinski definition) is 2. The van der Waals surface area contributed by atoms with Crippen LogP contribution in [0.5, 0.6) is 0 Å². The first-order valence-corrected chi connectivity index (χ1v) is 5.31. The summed E-state index contributed by atoms with van der Waals surface area (Å²) in [5.74, 6) is 0. The Kier molecular flexibility index (Phi) is 2.69. The van der Waals surface area contributed by atoms with Gasteiger partial charge in [-0.15, -0.1) is 0 Å². The van der Waals surface area contributed by atoms with Crippen LogP contribution >= 0.6 is 7.59 Å². The molecule has 0 saturated carbocycles. The topological polar surface area (TPSA) is 105 Å². The molecule has 0 aromatic heterocycles. The second kappa shape index (κ2) is 3.58. The predicted molar refractivity (Wildman–Crippen MR) is 50.8 cm³/mol. The Morgan fingerprint density at radius 1 is 1.31 bits per heavy atom. The second-order valence-electron chi connectivity index (χ2n) is 2.51. The van der Waals surface area contributed by atoms with E-state index in [1.165, 1.54) is 0 Å². The van der Waals surface area contributed by atoms with E-state index in [4.69, 9.17) is 16.3 Å². The molecule has 0 spiro atoms. The molecule has 6 heteroatoms. The Balaban J connectivity index is 2.83. The van der Waals surface area contributed by atoms with E-state index in [9.17, 15) is 4.57 Å². The van der Waals surface area contributed by atoms with E-state index in [0.717, 1.165) is 0 Å². The van der Waals surface area contributed by atoms with Gasteiger partial charge in [-0.05, 0) is 24.3 Å². The lowest BCUT2D eigenvalue weighted by molar-refractivity contribution is 0.580. The highest BCUT2D eigenvalue weighted by atomic mass is 31.2. The van der Waals surface area contributed by atoms with Crippen LogP contribution in [-0.4, -0.2) is 0 Å². The highest BCUT2D eigenvalue weighted by molar-refractivity contribution is 7.60. The number of rotatable bonds is 2. The molecule has 1 aromatic carbocycles. The van der Waals surface area contributed by atoms with Crippen LogP contribution in [0.25, 0.3) is 0 Å². The molecular weight excluding hydrogens is 187 g/mol.